The van der Waals surface area contributed by atoms with E-state index in [0.717, 1.165) is 16.7 Å². The number of nitrogens with zero attached hydrogens (tertiary/aromatic N) is 1. The third-order valence-corrected chi connectivity index (χ3v) is 4.06. The largest absolute Gasteiger partial charge is 0.496 e. The molecule has 118 valence electrons. The Bertz CT molecular complexity index is 883. The van der Waals surface area contributed by atoms with Gasteiger partial charge in [-0.15, -0.1) is 0 Å². The molecular weight excluding hydrogens is 335 g/mol. The van der Waals surface area contributed by atoms with Crippen LogP contribution in [0, 0.1) is 0 Å². The smallest absolute Gasteiger partial charge is 0.272 e. The van der Waals surface area contributed by atoms with Crippen LogP contribution in [-0.4, -0.2) is 17.6 Å². The van der Waals surface area contributed by atoms with Gasteiger partial charge >= 0.3 is 0 Å². The van der Waals surface area contributed by atoms with E-state index in [4.69, 9.17) is 27.9 Å². The monoisotopic (exact) mass is 348 g/mol. The van der Waals surface area contributed by atoms with Gasteiger partial charge in [-0.25, -0.2) is 0 Å². The van der Waals surface area contributed by atoms with Crippen LogP contribution in [0.4, 0.5) is 5.69 Å². The molecule has 3 aromatic rings. The van der Waals surface area contributed by atoms with Gasteiger partial charge in [-0.2, -0.15) is 0 Å². The number of hydrogen-bond donors (Lipinski definition) is 1. The Morgan fingerprint density at radius 3 is 2.48 bits per heavy atom. The van der Waals surface area contributed by atoms with Gasteiger partial charge in [0.15, 0.2) is 0 Å². The third-order valence-electron chi connectivity index (χ3n) is 3.62. The van der Waals surface area contributed by atoms with Crippen LogP contribution in [0.2, 0.25) is 10.0 Å². The van der Waals surface area contributed by atoms with E-state index >= 15 is 0 Å². The SMILES string of the molecule is COc1cccc2c1cc(C(=O)Nc1cc(Cl)cc(Cl)c1)n2C. The van der Waals surface area contributed by atoms with Gasteiger partial charge in [0.2, 0.25) is 0 Å². The van der Waals surface area contributed by atoms with Gasteiger partial charge in [0.05, 0.1) is 12.6 Å². The molecule has 6 heteroatoms. The number of rotatable bonds is 3. The van der Waals surface area contributed by atoms with Crippen molar-refractivity contribution >= 4 is 45.7 Å². The van der Waals surface area contributed by atoms with Crippen LogP contribution in [0.25, 0.3) is 10.9 Å². The zero-order valence-electron chi connectivity index (χ0n) is 12.6. The number of carbonyl (C=O) groups excluding carboxylic acids is 1. The lowest BCUT2D eigenvalue weighted by molar-refractivity contribution is 0.102. The molecule has 2 aromatic carbocycles. The van der Waals surface area contributed by atoms with Crippen LogP contribution in [0.5, 0.6) is 5.75 Å². The summed E-state index contributed by atoms with van der Waals surface area (Å²) in [5.74, 6) is 0.479. The minimum absolute atomic E-state index is 0.246. The Morgan fingerprint density at radius 1 is 1.13 bits per heavy atom. The second-order valence-electron chi connectivity index (χ2n) is 5.09. The van der Waals surface area contributed by atoms with Crippen molar-refractivity contribution in [2.24, 2.45) is 7.05 Å². The fourth-order valence-electron chi connectivity index (χ4n) is 2.55. The van der Waals surface area contributed by atoms with Crippen molar-refractivity contribution in [3.05, 3.63) is 58.2 Å². The molecule has 0 atom stereocenters. The number of ether oxygens (including phenoxy) is 1. The lowest BCUT2D eigenvalue weighted by Crippen LogP contribution is -2.15. The molecule has 23 heavy (non-hydrogen) atoms. The quantitative estimate of drug-likeness (QED) is 0.742. The minimum atomic E-state index is -0.246. The zero-order chi connectivity index (χ0) is 16.6. The van der Waals surface area contributed by atoms with E-state index < -0.39 is 0 Å². The molecule has 4 nitrogen and oxygen atoms in total. The van der Waals surface area contributed by atoms with Gasteiger partial charge in [-0.3, -0.25) is 4.79 Å². The van der Waals surface area contributed by atoms with Crippen LogP contribution in [-0.2, 0) is 7.05 Å². The highest BCUT2D eigenvalue weighted by molar-refractivity contribution is 6.35. The number of hydrogen-bond acceptors (Lipinski definition) is 2. The minimum Gasteiger partial charge on any atom is -0.496 e. The first-order valence-corrected chi connectivity index (χ1v) is 7.65. The van der Waals surface area contributed by atoms with Crippen molar-refractivity contribution < 1.29 is 9.53 Å². The molecule has 0 aliphatic carbocycles. The van der Waals surface area contributed by atoms with Crippen molar-refractivity contribution in [2.45, 2.75) is 0 Å². The molecule has 1 amide bonds. The fourth-order valence-corrected chi connectivity index (χ4v) is 3.08. The molecular formula is C17H14Cl2N2O2. The summed E-state index contributed by atoms with van der Waals surface area (Å²) in [5.41, 5.74) is 1.98. The Labute approximate surface area is 143 Å². The highest BCUT2D eigenvalue weighted by Gasteiger charge is 2.16. The summed E-state index contributed by atoms with van der Waals surface area (Å²) >= 11 is 11.9. The average molecular weight is 349 g/mol. The van der Waals surface area contributed by atoms with Crippen molar-refractivity contribution in [3.63, 3.8) is 0 Å². The van der Waals surface area contributed by atoms with Crippen LogP contribution < -0.4 is 10.1 Å². The van der Waals surface area contributed by atoms with E-state index in [9.17, 15) is 4.79 Å². The number of anilines is 1. The van der Waals surface area contributed by atoms with E-state index in [-0.39, 0.29) is 5.91 Å². The van der Waals surface area contributed by atoms with E-state index in [1.165, 1.54) is 0 Å². The van der Waals surface area contributed by atoms with E-state index in [2.05, 4.69) is 5.32 Å². The average Bonchev–Trinajstić information content (AvgIpc) is 2.83. The summed E-state index contributed by atoms with van der Waals surface area (Å²) in [5, 5.41) is 4.62. The first-order valence-electron chi connectivity index (χ1n) is 6.89. The highest BCUT2D eigenvalue weighted by Crippen LogP contribution is 2.29. The van der Waals surface area contributed by atoms with Gasteiger partial charge in [0.25, 0.3) is 5.91 Å². The zero-order valence-corrected chi connectivity index (χ0v) is 14.1. The van der Waals surface area contributed by atoms with Gasteiger partial charge in [0.1, 0.15) is 11.4 Å². The number of aryl methyl sites for hydroxylation is 1. The fraction of sp³-hybridized carbons (Fsp3) is 0.118. The van der Waals surface area contributed by atoms with Gasteiger partial charge in [0, 0.05) is 28.2 Å². The molecule has 1 heterocycles. The first kappa shape index (κ1) is 15.7. The number of halogens is 2. The number of methoxy groups -OCH3 is 1. The first-order chi connectivity index (χ1) is 11.0. The number of amides is 1. The summed E-state index contributed by atoms with van der Waals surface area (Å²) in [6.45, 7) is 0. The predicted molar refractivity (Wildman–Crippen MR) is 93.9 cm³/mol. The summed E-state index contributed by atoms with van der Waals surface area (Å²) in [7, 11) is 3.44. The Hall–Kier alpha value is -2.17. The van der Waals surface area contributed by atoms with Crippen LogP contribution in [0.3, 0.4) is 0 Å². The van der Waals surface area contributed by atoms with Crippen molar-refractivity contribution in [1.29, 1.82) is 0 Å². The molecule has 0 radical (unpaired) electrons. The van der Waals surface area contributed by atoms with Crippen LogP contribution in [0.1, 0.15) is 10.5 Å². The lowest BCUT2D eigenvalue weighted by Gasteiger charge is -2.07. The van der Waals surface area contributed by atoms with Crippen LogP contribution in [0.15, 0.2) is 42.5 Å². The number of nitrogens with one attached hydrogen (secondary N) is 1. The molecule has 0 spiro atoms. The third kappa shape index (κ3) is 3.00. The number of benzene rings is 2. The van der Waals surface area contributed by atoms with E-state index in [1.54, 1.807) is 31.4 Å². The number of carbonyl (C=O) groups is 1. The standard InChI is InChI=1S/C17H14Cl2N2O2/c1-21-14-4-3-5-16(23-2)13(14)9-15(21)17(22)20-12-7-10(18)6-11(19)8-12/h3-9H,1-2H3,(H,20,22). The highest BCUT2D eigenvalue weighted by atomic mass is 35.5. The number of aromatic nitrogens is 1. The Morgan fingerprint density at radius 2 is 1.83 bits per heavy atom. The molecule has 1 N–H and O–H groups in total. The van der Waals surface area contributed by atoms with E-state index in [0.29, 0.717) is 21.4 Å². The molecule has 0 bridgehead atoms. The molecule has 0 aliphatic rings. The van der Waals surface area contributed by atoms with Gasteiger partial charge < -0.3 is 14.6 Å². The topological polar surface area (TPSA) is 43.3 Å². The van der Waals surface area contributed by atoms with Crippen LogP contribution >= 0.6 is 23.2 Å². The summed E-state index contributed by atoms with van der Waals surface area (Å²) in [6.07, 6.45) is 0. The maximum atomic E-state index is 12.6. The Kier molecular flexibility index (Phi) is 4.20. The molecule has 0 saturated heterocycles. The van der Waals surface area contributed by atoms with Gasteiger partial charge in [-0.05, 0) is 36.4 Å². The van der Waals surface area contributed by atoms with Crippen molar-refractivity contribution in [2.75, 3.05) is 12.4 Å². The molecule has 1 aromatic heterocycles. The maximum Gasteiger partial charge on any atom is 0.272 e. The summed E-state index contributed by atoms with van der Waals surface area (Å²) < 4.78 is 7.16. The predicted octanol–water partition coefficient (Wildman–Crippen LogP) is 4.75. The molecule has 3 rings (SSSR count). The summed E-state index contributed by atoms with van der Waals surface area (Å²) in [4.78, 5) is 12.6. The second-order valence-corrected chi connectivity index (χ2v) is 5.97. The van der Waals surface area contributed by atoms with Crippen molar-refractivity contribution in [3.8, 4) is 5.75 Å². The Balaban J connectivity index is 1.99. The molecule has 0 saturated carbocycles. The summed E-state index contributed by atoms with van der Waals surface area (Å²) in [6, 6.07) is 12.4. The normalized spacial score (nSPS) is 10.8. The molecule has 0 unspecified atom stereocenters. The maximum absolute atomic E-state index is 12.6. The molecule has 0 fully saturated rings. The lowest BCUT2D eigenvalue weighted by atomic mass is 10.2. The van der Waals surface area contributed by atoms with Gasteiger partial charge in [-0.1, -0.05) is 29.3 Å². The van der Waals surface area contributed by atoms with Crippen molar-refractivity contribution in [1.82, 2.24) is 4.57 Å². The second kappa shape index (κ2) is 6.14. The van der Waals surface area contributed by atoms with E-state index in [1.807, 2.05) is 29.8 Å². The molecule has 0 aliphatic heterocycles. The number of fused-ring (bicyclic) bond motifs is 1.